The first-order valence-corrected chi connectivity index (χ1v) is 8.64. The molecule has 0 saturated carbocycles. The van der Waals surface area contributed by atoms with E-state index in [2.05, 4.69) is 10.6 Å². The zero-order valence-corrected chi connectivity index (χ0v) is 14.8. The van der Waals surface area contributed by atoms with Crippen LogP contribution in [0.25, 0.3) is 0 Å². The Morgan fingerprint density at radius 2 is 2.13 bits per heavy atom. The minimum absolute atomic E-state index is 0.000938. The van der Waals surface area contributed by atoms with Gasteiger partial charge in [0, 0.05) is 23.9 Å². The highest BCUT2D eigenvalue weighted by Crippen LogP contribution is 2.37. The zero-order chi connectivity index (χ0) is 17.0. The highest BCUT2D eigenvalue weighted by Gasteiger charge is 2.37. The molecule has 2 atom stereocenters. The number of ether oxygens (including phenoxy) is 2. The Morgan fingerprint density at radius 1 is 1.39 bits per heavy atom. The third-order valence-electron chi connectivity index (χ3n) is 3.47. The van der Waals surface area contributed by atoms with E-state index in [1.165, 1.54) is 11.3 Å². The van der Waals surface area contributed by atoms with Gasteiger partial charge >= 0.3 is 12.1 Å². The third-order valence-corrected chi connectivity index (χ3v) is 4.52. The lowest BCUT2D eigenvalue weighted by molar-refractivity contribution is -0.147. The Balaban J connectivity index is 2.11. The minimum Gasteiger partial charge on any atom is -0.466 e. The molecule has 0 bridgehead atoms. The van der Waals surface area contributed by atoms with Crippen molar-refractivity contribution in [3.63, 3.8) is 0 Å². The molecule has 6 nitrogen and oxygen atoms in total. The molecule has 2 rings (SSSR count). The molecule has 0 spiro atoms. The van der Waals surface area contributed by atoms with Gasteiger partial charge in [-0.05, 0) is 39.1 Å². The van der Waals surface area contributed by atoms with E-state index in [1.807, 2.05) is 32.2 Å². The van der Waals surface area contributed by atoms with Crippen molar-refractivity contribution < 1.29 is 19.1 Å². The molecule has 7 heteroatoms. The smallest absolute Gasteiger partial charge is 0.412 e. The van der Waals surface area contributed by atoms with E-state index in [4.69, 9.17) is 9.47 Å². The van der Waals surface area contributed by atoms with Crippen molar-refractivity contribution in [3.05, 3.63) is 16.3 Å². The lowest BCUT2D eigenvalue weighted by Gasteiger charge is -2.21. The van der Waals surface area contributed by atoms with Crippen molar-refractivity contribution in [1.29, 1.82) is 0 Å². The summed E-state index contributed by atoms with van der Waals surface area (Å²) in [6.07, 6.45) is -0.490. The van der Waals surface area contributed by atoms with Crippen LogP contribution < -0.4 is 10.6 Å². The summed E-state index contributed by atoms with van der Waals surface area (Å²) in [5.41, 5.74) is 0.148. The van der Waals surface area contributed by atoms with Gasteiger partial charge in [0.2, 0.25) is 0 Å². The molecule has 1 saturated heterocycles. The minimum atomic E-state index is -0.553. The number of thiophene rings is 1. The number of rotatable bonds is 4. The predicted octanol–water partition coefficient (Wildman–Crippen LogP) is 2.96. The third kappa shape index (κ3) is 4.68. The number of hydrogen-bond donors (Lipinski definition) is 2. The highest BCUT2D eigenvalue weighted by molar-refractivity contribution is 7.10. The number of anilines is 1. The molecule has 2 N–H and O–H groups in total. The second kappa shape index (κ2) is 7.31. The number of hydrogen-bond acceptors (Lipinski definition) is 6. The Kier molecular flexibility index (Phi) is 5.64. The maximum Gasteiger partial charge on any atom is 0.412 e. The van der Waals surface area contributed by atoms with Crippen molar-refractivity contribution in [2.45, 2.75) is 39.2 Å². The standard InChI is InChI=1S/C16H24N2O4S/c1-5-21-14(19)11-9-17-8-10(11)13-12(6-7-23-13)18-15(20)22-16(2,3)4/h6-7,10-11,17H,5,8-9H2,1-4H3,(H,18,20)/t10-,11+/m0/s1. The fourth-order valence-corrected chi connectivity index (χ4v) is 3.60. The average Bonchev–Trinajstić information content (AvgIpc) is 3.04. The Labute approximate surface area is 140 Å². The largest absolute Gasteiger partial charge is 0.466 e. The molecule has 1 aromatic rings. The van der Waals surface area contributed by atoms with Crippen molar-refractivity contribution in [3.8, 4) is 0 Å². The normalized spacial score (nSPS) is 21.0. The summed E-state index contributed by atoms with van der Waals surface area (Å²) < 4.78 is 10.4. The molecule has 23 heavy (non-hydrogen) atoms. The molecule has 0 radical (unpaired) electrons. The van der Waals surface area contributed by atoms with Crippen LogP contribution in [0.1, 0.15) is 38.5 Å². The Morgan fingerprint density at radius 3 is 2.78 bits per heavy atom. The molecular formula is C16H24N2O4S. The summed E-state index contributed by atoms with van der Waals surface area (Å²) >= 11 is 1.53. The van der Waals surface area contributed by atoms with E-state index in [0.29, 0.717) is 25.4 Å². The summed E-state index contributed by atoms with van der Waals surface area (Å²) in [5.74, 6) is -0.425. The van der Waals surface area contributed by atoms with E-state index >= 15 is 0 Å². The van der Waals surface area contributed by atoms with Gasteiger partial charge in [-0.2, -0.15) is 0 Å². The van der Waals surface area contributed by atoms with Gasteiger partial charge < -0.3 is 14.8 Å². The number of amides is 1. The first-order chi connectivity index (χ1) is 10.8. The van der Waals surface area contributed by atoms with E-state index in [0.717, 1.165) is 4.88 Å². The van der Waals surface area contributed by atoms with Gasteiger partial charge in [-0.3, -0.25) is 10.1 Å². The summed E-state index contributed by atoms with van der Waals surface area (Å²) in [5, 5.41) is 7.92. The molecule has 128 valence electrons. The van der Waals surface area contributed by atoms with Crippen LogP contribution in [0.4, 0.5) is 10.5 Å². The lowest BCUT2D eigenvalue weighted by atomic mass is 9.94. The molecule has 1 aliphatic heterocycles. The van der Waals surface area contributed by atoms with Crippen molar-refractivity contribution in [2.24, 2.45) is 5.92 Å². The van der Waals surface area contributed by atoms with Gasteiger partial charge in [0.1, 0.15) is 5.60 Å². The highest BCUT2D eigenvalue weighted by atomic mass is 32.1. The fourth-order valence-electron chi connectivity index (χ4n) is 2.58. The molecule has 1 aromatic heterocycles. The summed E-state index contributed by atoms with van der Waals surface area (Å²) in [6.45, 7) is 8.90. The van der Waals surface area contributed by atoms with Gasteiger partial charge in [-0.15, -0.1) is 11.3 Å². The maximum atomic E-state index is 12.1. The number of carbonyl (C=O) groups is 2. The molecule has 2 heterocycles. The van der Waals surface area contributed by atoms with Crippen LogP contribution in [0.2, 0.25) is 0 Å². The number of esters is 1. The van der Waals surface area contributed by atoms with Crippen molar-refractivity contribution >= 4 is 29.1 Å². The molecule has 1 aliphatic rings. The van der Waals surface area contributed by atoms with Gasteiger partial charge in [0.15, 0.2) is 0 Å². The van der Waals surface area contributed by atoms with Crippen LogP contribution in [0.15, 0.2) is 11.4 Å². The zero-order valence-electron chi connectivity index (χ0n) is 14.0. The predicted molar refractivity (Wildman–Crippen MR) is 89.9 cm³/mol. The second-order valence-electron chi connectivity index (χ2n) is 6.45. The number of carbonyl (C=O) groups excluding carboxylic acids is 2. The second-order valence-corrected chi connectivity index (χ2v) is 7.40. The van der Waals surface area contributed by atoms with Crippen molar-refractivity contribution in [1.82, 2.24) is 5.32 Å². The molecular weight excluding hydrogens is 316 g/mol. The van der Waals surface area contributed by atoms with E-state index in [1.54, 1.807) is 6.92 Å². The van der Waals surface area contributed by atoms with Gasteiger partial charge in [-0.25, -0.2) is 4.79 Å². The van der Waals surface area contributed by atoms with Crippen LogP contribution in [0.5, 0.6) is 0 Å². The molecule has 0 aromatic carbocycles. The first-order valence-electron chi connectivity index (χ1n) is 7.76. The van der Waals surface area contributed by atoms with E-state index in [-0.39, 0.29) is 17.8 Å². The molecule has 1 amide bonds. The molecule has 0 unspecified atom stereocenters. The monoisotopic (exact) mass is 340 g/mol. The van der Waals surface area contributed by atoms with Gasteiger partial charge in [0.05, 0.1) is 18.2 Å². The lowest BCUT2D eigenvalue weighted by Crippen LogP contribution is -2.28. The van der Waals surface area contributed by atoms with E-state index in [9.17, 15) is 9.59 Å². The van der Waals surface area contributed by atoms with Crippen LogP contribution in [0, 0.1) is 5.92 Å². The van der Waals surface area contributed by atoms with Crippen molar-refractivity contribution in [2.75, 3.05) is 25.0 Å². The quantitative estimate of drug-likeness (QED) is 0.824. The number of nitrogens with one attached hydrogen (secondary N) is 2. The van der Waals surface area contributed by atoms with Crippen LogP contribution >= 0.6 is 11.3 Å². The summed E-state index contributed by atoms with van der Waals surface area (Å²) in [6, 6.07) is 1.84. The molecule has 0 aliphatic carbocycles. The Bertz CT molecular complexity index is 565. The van der Waals surface area contributed by atoms with Gasteiger partial charge in [0.25, 0.3) is 0 Å². The van der Waals surface area contributed by atoms with Crippen LogP contribution in [0.3, 0.4) is 0 Å². The average molecular weight is 340 g/mol. The topological polar surface area (TPSA) is 76.7 Å². The maximum absolute atomic E-state index is 12.1. The van der Waals surface area contributed by atoms with Crippen LogP contribution in [-0.4, -0.2) is 37.4 Å². The fraction of sp³-hybridized carbons (Fsp3) is 0.625. The van der Waals surface area contributed by atoms with E-state index < -0.39 is 11.7 Å². The Hall–Kier alpha value is -1.60. The van der Waals surface area contributed by atoms with Gasteiger partial charge in [-0.1, -0.05) is 0 Å². The summed E-state index contributed by atoms with van der Waals surface area (Å²) in [7, 11) is 0. The van der Waals surface area contributed by atoms with Crippen LogP contribution in [-0.2, 0) is 14.3 Å². The SMILES string of the molecule is CCOC(=O)[C@@H]1CNC[C@@H]1c1sccc1NC(=O)OC(C)(C)C. The summed E-state index contributed by atoms with van der Waals surface area (Å²) in [4.78, 5) is 25.0. The molecule has 1 fully saturated rings. The first kappa shape index (κ1) is 17.7.